The summed E-state index contributed by atoms with van der Waals surface area (Å²) < 4.78 is 39.6. The Morgan fingerprint density at radius 3 is 2.22 bits per heavy atom. The number of halogens is 2. The van der Waals surface area contributed by atoms with E-state index in [9.17, 15) is 23.5 Å². The molecule has 9 heteroatoms. The highest BCUT2D eigenvalue weighted by Gasteiger charge is 2.42. The highest BCUT2D eigenvalue weighted by atomic mass is 19.1. The van der Waals surface area contributed by atoms with Crippen molar-refractivity contribution in [1.29, 1.82) is 0 Å². The number of carboxylic acids is 1. The summed E-state index contributed by atoms with van der Waals surface area (Å²) in [5, 5.41) is 12.8. The van der Waals surface area contributed by atoms with Gasteiger partial charge in [-0.15, -0.1) is 0 Å². The molecule has 1 heterocycles. The van der Waals surface area contributed by atoms with E-state index >= 15 is 0 Å². The normalized spacial score (nSPS) is 16.7. The molecule has 0 spiro atoms. The second kappa shape index (κ2) is 13.1. The Balaban J connectivity index is 1.46. The third-order valence-electron chi connectivity index (χ3n) is 7.53. The molecule has 0 bridgehead atoms. The molecule has 1 aliphatic heterocycles. The van der Waals surface area contributed by atoms with Gasteiger partial charge in [-0.2, -0.15) is 0 Å². The first kappa shape index (κ1) is 30.0. The average molecular weight is 567 g/mol. The van der Waals surface area contributed by atoms with Gasteiger partial charge in [-0.05, 0) is 92.2 Å². The summed E-state index contributed by atoms with van der Waals surface area (Å²) in [4.78, 5) is 25.8. The Labute approximate surface area is 239 Å². The molecule has 3 aromatic carbocycles. The lowest BCUT2D eigenvalue weighted by atomic mass is 9.81. The Morgan fingerprint density at radius 2 is 1.63 bits per heavy atom. The van der Waals surface area contributed by atoms with Crippen molar-refractivity contribution in [3.8, 4) is 22.6 Å². The molecule has 41 heavy (non-hydrogen) atoms. The van der Waals surface area contributed by atoms with Gasteiger partial charge in [0.25, 0.3) is 0 Å². The van der Waals surface area contributed by atoms with Crippen LogP contribution in [0, 0.1) is 17.0 Å². The van der Waals surface area contributed by atoms with Crippen LogP contribution in [0.1, 0.15) is 56.0 Å². The van der Waals surface area contributed by atoms with Crippen LogP contribution in [0.25, 0.3) is 11.1 Å². The molecule has 0 aromatic heterocycles. The van der Waals surface area contributed by atoms with E-state index in [4.69, 9.17) is 9.47 Å². The molecule has 0 saturated carbocycles. The molecule has 4 rings (SSSR count). The minimum atomic E-state index is -1.24. The first-order chi connectivity index (χ1) is 19.7. The van der Waals surface area contributed by atoms with E-state index in [1.54, 1.807) is 12.1 Å². The molecular formula is C32H36F2N2O5. The number of anilines is 1. The molecular weight excluding hydrogens is 530 g/mol. The number of carboxylic acid groups (broad SMARTS) is 1. The maximum atomic E-state index is 14.1. The van der Waals surface area contributed by atoms with E-state index in [1.165, 1.54) is 29.2 Å². The van der Waals surface area contributed by atoms with Crippen molar-refractivity contribution >= 4 is 17.6 Å². The maximum absolute atomic E-state index is 14.1. The van der Waals surface area contributed by atoms with E-state index in [2.05, 4.69) is 5.32 Å². The van der Waals surface area contributed by atoms with Gasteiger partial charge in [0.2, 0.25) is 5.91 Å². The summed E-state index contributed by atoms with van der Waals surface area (Å²) in [5.41, 5.74) is 2.29. The van der Waals surface area contributed by atoms with Gasteiger partial charge in [0.15, 0.2) is 0 Å². The standard InChI is InChI=1S/C32H36F2N2O5/c1-4-32(18-29(37)36(20-32)26-16-23(31(38)39)15-25(34)17-26)11-12-35-19-21-13-27(40-5-2)30(28(14-21)41-6-3)22-7-9-24(33)10-8-22/h7-10,13-17,35H,4-6,11-12,18-20H2,1-3H3,(H,38,39). The highest BCUT2D eigenvalue weighted by molar-refractivity contribution is 5.98. The fraction of sp³-hybridized carbons (Fsp3) is 0.375. The lowest BCUT2D eigenvalue weighted by Gasteiger charge is -2.28. The van der Waals surface area contributed by atoms with Crippen LogP contribution in [0.2, 0.25) is 0 Å². The predicted molar refractivity (Wildman–Crippen MR) is 154 cm³/mol. The molecule has 0 aliphatic carbocycles. The van der Waals surface area contributed by atoms with Crippen LogP contribution in [-0.4, -0.2) is 43.3 Å². The van der Waals surface area contributed by atoms with Gasteiger partial charge in [-0.1, -0.05) is 19.1 Å². The number of amides is 1. The zero-order chi connectivity index (χ0) is 29.6. The first-order valence-corrected chi connectivity index (χ1v) is 13.9. The molecule has 1 amide bonds. The predicted octanol–water partition coefficient (Wildman–Crippen LogP) is 6.44. The number of hydrogen-bond donors (Lipinski definition) is 2. The fourth-order valence-electron chi connectivity index (χ4n) is 5.34. The summed E-state index contributed by atoms with van der Waals surface area (Å²) in [6.45, 7) is 8.31. The highest BCUT2D eigenvalue weighted by Crippen LogP contribution is 2.41. The van der Waals surface area contributed by atoms with Gasteiger partial charge in [0.1, 0.15) is 23.1 Å². The van der Waals surface area contributed by atoms with Crippen molar-refractivity contribution in [2.24, 2.45) is 5.41 Å². The Bertz CT molecular complexity index is 1370. The molecule has 1 aliphatic rings. The van der Waals surface area contributed by atoms with E-state index in [1.807, 2.05) is 32.9 Å². The van der Waals surface area contributed by atoms with Crippen LogP contribution in [0.15, 0.2) is 54.6 Å². The van der Waals surface area contributed by atoms with Gasteiger partial charge >= 0.3 is 5.97 Å². The van der Waals surface area contributed by atoms with Crippen LogP contribution >= 0.6 is 0 Å². The monoisotopic (exact) mass is 566 g/mol. The Kier molecular flexibility index (Phi) is 9.60. The van der Waals surface area contributed by atoms with Crippen LogP contribution in [0.3, 0.4) is 0 Å². The van der Waals surface area contributed by atoms with Crippen molar-refractivity contribution in [1.82, 2.24) is 5.32 Å². The van der Waals surface area contributed by atoms with Crippen molar-refractivity contribution in [2.75, 3.05) is 31.2 Å². The number of carbonyl (C=O) groups is 2. The number of nitrogens with one attached hydrogen (secondary N) is 1. The zero-order valence-corrected chi connectivity index (χ0v) is 23.6. The van der Waals surface area contributed by atoms with Gasteiger partial charge in [-0.3, -0.25) is 4.79 Å². The van der Waals surface area contributed by atoms with E-state index in [-0.39, 0.29) is 28.4 Å². The van der Waals surface area contributed by atoms with Crippen LogP contribution in [0.4, 0.5) is 14.5 Å². The molecule has 1 fully saturated rings. The molecule has 0 radical (unpaired) electrons. The summed E-state index contributed by atoms with van der Waals surface area (Å²) in [7, 11) is 0. The van der Waals surface area contributed by atoms with E-state index in [0.29, 0.717) is 57.2 Å². The average Bonchev–Trinajstić information content (AvgIpc) is 3.28. The summed E-state index contributed by atoms with van der Waals surface area (Å²) in [5.74, 6) is -1.09. The summed E-state index contributed by atoms with van der Waals surface area (Å²) in [6, 6.07) is 13.6. The lowest BCUT2D eigenvalue weighted by Crippen LogP contribution is -2.31. The van der Waals surface area contributed by atoms with Crippen molar-refractivity contribution in [2.45, 2.75) is 46.6 Å². The van der Waals surface area contributed by atoms with E-state index < -0.39 is 11.8 Å². The largest absolute Gasteiger partial charge is 0.493 e. The molecule has 2 N–H and O–H groups in total. The molecule has 1 saturated heterocycles. The second-order valence-corrected chi connectivity index (χ2v) is 10.3. The van der Waals surface area contributed by atoms with Gasteiger partial charge in [-0.25, -0.2) is 13.6 Å². The zero-order valence-electron chi connectivity index (χ0n) is 23.6. The molecule has 3 aromatic rings. The Hall–Kier alpha value is -3.98. The third-order valence-corrected chi connectivity index (χ3v) is 7.53. The van der Waals surface area contributed by atoms with E-state index in [0.717, 1.165) is 29.2 Å². The number of hydrogen-bond acceptors (Lipinski definition) is 5. The number of aromatic carboxylic acids is 1. The Morgan fingerprint density at radius 1 is 0.976 bits per heavy atom. The smallest absolute Gasteiger partial charge is 0.335 e. The van der Waals surface area contributed by atoms with Crippen LogP contribution in [0.5, 0.6) is 11.5 Å². The molecule has 218 valence electrons. The topological polar surface area (TPSA) is 88.1 Å². The summed E-state index contributed by atoms with van der Waals surface area (Å²) >= 11 is 0. The van der Waals surface area contributed by atoms with Gasteiger partial charge in [0.05, 0.1) is 24.3 Å². The number of ether oxygens (including phenoxy) is 2. The quantitative estimate of drug-likeness (QED) is 0.232. The van der Waals surface area contributed by atoms with Crippen molar-refractivity contribution in [3.63, 3.8) is 0 Å². The van der Waals surface area contributed by atoms with Crippen molar-refractivity contribution < 1.29 is 33.0 Å². The number of carbonyl (C=O) groups excluding carboxylic acids is 1. The molecule has 1 atom stereocenters. The second-order valence-electron chi connectivity index (χ2n) is 10.3. The number of nitrogens with zero attached hydrogens (tertiary/aromatic N) is 1. The SMILES string of the molecule is CCOc1cc(CNCCC2(CC)CC(=O)N(c3cc(F)cc(C(=O)O)c3)C2)cc(OCC)c1-c1ccc(F)cc1. The fourth-order valence-corrected chi connectivity index (χ4v) is 5.34. The third kappa shape index (κ3) is 7.03. The minimum Gasteiger partial charge on any atom is -0.493 e. The van der Waals surface area contributed by atoms with Crippen molar-refractivity contribution in [3.05, 3.63) is 77.4 Å². The molecule has 1 unspecified atom stereocenters. The van der Waals surface area contributed by atoms with Crippen LogP contribution < -0.4 is 19.7 Å². The first-order valence-electron chi connectivity index (χ1n) is 13.9. The van der Waals surface area contributed by atoms with Crippen LogP contribution in [-0.2, 0) is 11.3 Å². The number of benzene rings is 3. The number of rotatable bonds is 13. The lowest BCUT2D eigenvalue weighted by molar-refractivity contribution is -0.117. The maximum Gasteiger partial charge on any atom is 0.335 e. The van der Waals surface area contributed by atoms with Gasteiger partial charge in [0, 0.05) is 25.2 Å². The molecule has 7 nitrogen and oxygen atoms in total. The summed E-state index contributed by atoms with van der Waals surface area (Å²) in [6.07, 6.45) is 1.75. The van der Waals surface area contributed by atoms with Gasteiger partial charge < -0.3 is 24.8 Å². The minimum absolute atomic E-state index is 0.145.